The second-order valence-corrected chi connectivity index (χ2v) is 3.18. The highest BCUT2D eigenvalue weighted by Crippen LogP contribution is 2.09. The molecule has 2 aromatic rings. The Morgan fingerprint density at radius 1 is 1.43 bits per heavy atom. The minimum atomic E-state index is 0.663. The molecule has 0 atom stereocenters. The fourth-order valence-corrected chi connectivity index (χ4v) is 1.29. The van der Waals surface area contributed by atoms with E-state index in [4.69, 9.17) is 0 Å². The lowest BCUT2D eigenvalue weighted by atomic mass is 10.2. The van der Waals surface area contributed by atoms with Crippen molar-refractivity contribution in [2.24, 2.45) is 0 Å². The molecule has 0 fully saturated rings. The molecule has 1 aromatic heterocycles. The summed E-state index contributed by atoms with van der Waals surface area (Å²) < 4.78 is 1.75. The number of rotatable bonds is 2. The zero-order valence-corrected chi connectivity index (χ0v) is 7.84. The highest BCUT2D eigenvalue weighted by Gasteiger charge is 1.98. The third-order valence-corrected chi connectivity index (χ3v) is 1.98. The smallest absolute Gasteiger partial charge is 0.150 e. The predicted molar refractivity (Wildman–Crippen MR) is 53.7 cm³/mol. The Morgan fingerprint density at radius 3 is 2.93 bits per heavy atom. The number of aryl methyl sites for hydroxylation is 1. The van der Waals surface area contributed by atoms with Crippen molar-refractivity contribution in [3.8, 4) is 5.69 Å². The number of aldehydes is 1. The fourth-order valence-electron chi connectivity index (χ4n) is 1.29. The first kappa shape index (κ1) is 8.69. The molecule has 0 spiro atoms. The first-order chi connectivity index (χ1) is 6.79. The Balaban J connectivity index is 2.46. The summed E-state index contributed by atoms with van der Waals surface area (Å²) in [5.74, 6) is 0. The van der Waals surface area contributed by atoms with Gasteiger partial charge in [-0.1, -0.05) is 12.1 Å². The van der Waals surface area contributed by atoms with Gasteiger partial charge in [-0.3, -0.25) is 4.79 Å². The van der Waals surface area contributed by atoms with Gasteiger partial charge in [0.25, 0.3) is 0 Å². The van der Waals surface area contributed by atoms with Crippen LogP contribution in [0.25, 0.3) is 5.69 Å². The van der Waals surface area contributed by atoms with Crippen LogP contribution in [0.2, 0.25) is 0 Å². The maximum atomic E-state index is 10.6. The summed E-state index contributed by atoms with van der Waals surface area (Å²) in [4.78, 5) is 10.6. The summed E-state index contributed by atoms with van der Waals surface area (Å²) in [5.41, 5.74) is 2.67. The molecule has 0 N–H and O–H groups in total. The van der Waals surface area contributed by atoms with Gasteiger partial charge in [0, 0.05) is 11.8 Å². The van der Waals surface area contributed by atoms with E-state index >= 15 is 0 Å². The summed E-state index contributed by atoms with van der Waals surface area (Å²) in [7, 11) is 0. The first-order valence-corrected chi connectivity index (χ1v) is 4.36. The Labute approximate surface area is 82.0 Å². The quantitative estimate of drug-likeness (QED) is 0.672. The van der Waals surface area contributed by atoms with E-state index in [0.717, 1.165) is 17.5 Å². The lowest BCUT2D eigenvalue weighted by Crippen LogP contribution is -1.94. The normalized spacial score (nSPS) is 10.1. The van der Waals surface area contributed by atoms with Crippen molar-refractivity contribution in [2.45, 2.75) is 6.92 Å². The Kier molecular flexibility index (Phi) is 2.14. The van der Waals surface area contributed by atoms with Gasteiger partial charge < -0.3 is 0 Å². The van der Waals surface area contributed by atoms with Crippen molar-refractivity contribution in [1.29, 1.82) is 0 Å². The van der Waals surface area contributed by atoms with E-state index < -0.39 is 0 Å². The Bertz CT molecular complexity index is 460. The number of hydrogen-bond acceptors (Lipinski definition) is 2. The monoisotopic (exact) mass is 186 g/mol. The standard InChI is InChI=1S/C11H10N2O/c1-9-6-12-13(7-9)11-4-2-3-10(5-11)8-14/h2-8H,1H3. The molecule has 2 rings (SSSR count). The maximum Gasteiger partial charge on any atom is 0.150 e. The van der Waals surface area contributed by atoms with Crippen LogP contribution in [-0.2, 0) is 0 Å². The number of nitrogens with zero attached hydrogens (tertiary/aromatic N) is 2. The molecule has 0 bridgehead atoms. The first-order valence-electron chi connectivity index (χ1n) is 4.36. The number of aromatic nitrogens is 2. The van der Waals surface area contributed by atoms with E-state index in [1.54, 1.807) is 23.0 Å². The summed E-state index contributed by atoms with van der Waals surface area (Å²) >= 11 is 0. The zero-order valence-electron chi connectivity index (χ0n) is 7.84. The van der Waals surface area contributed by atoms with Crippen LogP contribution in [0.1, 0.15) is 15.9 Å². The van der Waals surface area contributed by atoms with Crippen LogP contribution in [-0.4, -0.2) is 16.1 Å². The van der Waals surface area contributed by atoms with Gasteiger partial charge in [0.05, 0.1) is 11.9 Å². The van der Waals surface area contributed by atoms with Gasteiger partial charge in [-0.15, -0.1) is 0 Å². The molecule has 1 heterocycles. The molecule has 0 aliphatic heterocycles. The summed E-state index contributed by atoms with van der Waals surface area (Å²) in [6, 6.07) is 7.34. The fraction of sp³-hybridized carbons (Fsp3) is 0.0909. The van der Waals surface area contributed by atoms with Gasteiger partial charge >= 0.3 is 0 Å². The third-order valence-electron chi connectivity index (χ3n) is 1.98. The summed E-state index contributed by atoms with van der Waals surface area (Å²) in [6.45, 7) is 1.98. The number of benzene rings is 1. The van der Waals surface area contributed by atoms with E-state index in [9.17, 15) is 4.79 Å². The molecule has 3 nitrogen and oxygen atoms in total. The van der Waals surface area contributed by atoms with E-state index in [-0.39, 0.29) is 0 Å². The molecule has 0 radical (unpaired) electrons. The third kappa shape index (κ3) is 1.57. The van der Waals surface area contributed by atoms with Crippen molar-refractivity contribution in [3.63, 3.8) is 0 Å². The topological polar surface area (TPSA) is 34.9 Å². The van der Waals surface area contributed by atoms with Gasteiger partial charge in [-0.05, 0) is 24.6 Å². The van der Waals surface area contributed by atoms with Crippen LogP contribution in [0.15, 0.2) is 36.7 Å². The average Bonchev–Trinajstić information content (AvgIpc) is 2.65. The van der Waals surface area contributed by atoms with Gasteiger partial charge in [0.15, 0.2) is 0 Å². The highest BCUT2D eigenvalue weighted by molar-refractivity contribution is 5.75. The SMILES string of the molecule is Cc1cnn(-c2cccc(C=O)c2)c1. The van der Waals surface area contributed by atoms with E-state index in [1.165, 1.54) is 0 Å². The molecule has 0 aliphatic rings. The summed E-state index contributed by atoms with van der Waals surface area (Å²) in [6.07, 6.45) is 4.54. The number of carbonyl (C=O) groups is 1. The van der Waals surface area contributed by atoms with Gasteiger partial charge in [0.2, 0.25) is 0 Å². The molecule has 0 aliphatic carbocycles. The van der Waals surface area contributed by atoms with E-state index in [0.29, 0.717) is 5.56 Å². The van der Waals surface area contributed by atoms with E-state index in [2.05, 4.69) is 5.10 Å². The molecule has 0 saturated carbocycles. The van der Waals surface area contributed by atoms with Crippen LogP contribution in [0, 0.1) is 6.92 Å². The van der Waals surface area contributed by atoms with Crippen molar-refractivity contribution >= 4 is 6.29 Å². The van der Waals surface area contributed by atoms with E-state index in [1.807, 2.05) is 25.3 Å². The molecule has 1 aromatic carbocycles. The number of hydrogen-bond donors (Lipinski definition) is 0. The van der Waals surface area contributed by atoms with Crippen molar-refractivity contribution in [2.75, 3.05) is 0 Å². The maximum absolute atomic E-state index is 10.6. The molecular weight excluding hydrogens is 176 g/mol. The lowest BCUT2D eigenvalue weighted by Gasteiger charge is -2.00. The molecule has 70 valence electrons. The molecule has 14 heavy (non-hydrogen) atoms. The molecule has 0 unspecified atom stereocenters. The minimum Gasteiger partial charge on any atom is -0.298 e. The van der Waals surface area contributed by atoms with Gasteiger partial charge in [-0.2, -0.15) is 5.10 Å². The van der Waals surface area contributed by atoms with Crippen LogP contribution >= 0.6 is 0 Å². The average molecular weight is 186 g/mol. The molecular formula is C11H10N2O. The molecule has 0 saturated heterocycles. The predicted octanol–water partition coefficient (Wildman–Crippen LogP) is 1.99. The lowest BCUT2D eigenvalue weighted by molar-refractivity contribution is 0.112. The van der Waals surface area contributed by atoms with Crippen molar-refractivity contribution < 1.29 is 4.79 Å². The Hall–Kier alpha value is -1.90. The zero-order chi connectivity index (χ0) is 9.97. The molecule has 3 heteroatoms. The molecule has 0 amide bonds. The highest BCUT2D eigenvalue weighted by atomic mass is 16.1. The van der Waals surface area contributed by atoms with Crippen molar-refractivity contribution in [3.05, 3.63) is 47.8 Å². The van der Waals surface area contributed by atoms with Gasteiger partial charge in [-0.25, -0.2) is 4.68 Å². The minimum absolute atomic E-state index is 0.663. The number of carbonyl (C=O) groups excluding carboxylic acids is 1. The second-order valence-electron chi connectivity index (χ2n) is 3.18. The van der Waals surface area contributed by atoms with Crippen LogP contribution in [0.4, 0.5) is 0 Å². The van der Waals surface area contributed by atoms with Crippen LogP contribution < -0.4 is 0 Å². The second kappa shape index (κ2) is 3.46. The Morgan fingerprint density at radius 2 is 2.29 bits per heavy atom. The van der Waals surface area contributed by atoms with Crippen molar-refractivity contribution in [1.82, 2.24) is 9.78 Å². The largest absolute Gasteiger partial charge is 0.298 e. The van der Waals surface area contributed by atoms with Crippen LogP contribution in [0.5, 0.6) is 0 Å². The van der Waals surface area contributed by atoms with Gasteiger partial charge in [0.1, 0.15) is 6.29 Å². The summed E-state index contributed by atoms with van der Waals surface area (Å²) in [5, 5.41) is 4.16. The van der Waals surface area contributed by atoms with Crippen LogP contribution in [0.3, 0.4) is 0 Å².